The fraction of sp³-hybridized carbons (Fsp3) is 0.538. The van der Waals surface area contributed by atoms with Gasteiger partial charge >= 0.3 is 6.61 Å². The van der Waals surface area contributed by atoms with Crippen molar-refractivity contribution in [2.75, 3.05) is 13.7 Å². The van der Waals surface area contributed by atoms with E-state index in [1.807, 2.05) is 6.07 Å². The van der Waals surface area contributed by atoms with Crippen LogP contribution in [0.25, 0.3) is 0 Å². The van der Waals surface area contributed by atoms with Gasteiger partial charge in [0.1, 0.15) is 0 Å². The number of ether oxygens (including phenoxy) is 2. The molecule has 0 aliphatic rings. The first-order valence-electron chi connectivity index (χ1n) is 5.88. The first-order chi connectivity index (χ1) is 8.52. The topological polar surface area (TPSA) is 30.5 Å². The van der Waals surface area contributed by atoms with Crippen LogP contribution >= 0.6 is 0 Å². The zero-order chi connectivity index (χ0) is 13.5. The van der Waals surface area contributed by atoms with Crippen molar-refractivity contribution < 1.29 is 18.3 Å². The van der Waals surface area contributed by atoms with Gasteiger partial charge in [0.2, 0.25) is 0 Å². The molecule has 0 atom stereocenters. The summed E-state index contributed by atoms with van der Waals surface area (Å²) in [7, 11) is 1.42. The minimum absolute atomic E-state index is 0.0783. The van der Waals surface area contributed by atoms with Gasteiger partial charge in [0.05, 0.1) is 7.11 Å². The summed E-state index contributed by atoms with van der Waals surface area (Å²) in [6.07, 6.45) is 0.752. The lowest BCUT2D eigenvalue weighted by Crippen LogP contribution is -2.24. The highest BCUT2D eigenvalue weighted by atomic mass is 19.3. The van der Waals surface area contributed by atoms with Crippen LogP contribution < -0.4 is 14.8 Å². The molecule has 0 aliphatic carbocycles. The molecular weight excluding hydrogens is 240 g/mol. The molecule has 0 aromatic heterocycles. The van der Waals surface area contributed by atoms with E-state index in [1.165, 1.54) is 7.11 Å². The van der Waals surface area contributed by atoms with Crippen molar-refractivity contribution in [2.45, 2.75) is 32.9 Å². The van der Waals surface area contributed by atoms with Crippen molar-refractivity contribution in [3.63, 3.8) is 0 Å². The van der Waals surface area contributed by atoms with Crippen molar-refractivity contribution in [1.29, 1.82) is 0 Å². The van der Waals surface area contributed by atoms with E-state index in [0.29, 0.717) is 11.8 Å². The third-order valence-electron chi connectivity index (χ3n) is 2.41. The Kier molecular flexibility index (Phi) is 5.85. The monoisotopic (exact) mass is 259 g/mol. The summed E-state index contributed by atoms with van der Waals surface area (Å²) in [6, 6.07) is 5.48. The Balaban J connectivity index is 2.69. The van der Waals surface area contributed by atoms with Crippen molar-refractivity contribution in [2.24, 2.45) is 0 Å². The molecule has 0 radical (unpaired) electrons. The molecule has 0 aliphatic heterocycles. The number of nitrogens with one attached hydrogen (secondary N) is 1. The lowest BCUT2D eigenvalue weighted by molar-refractivity contribution is -0.0512. The number of benzene rings is 1. The van der Waals surface area contributed by atoms with Crippen molar-refractivity contribution in [3.8, 4) is 11.5 Å². The molecule has 18 heavy (non-hydrogen) atoms. The summed E-state index contributed by atoms with van der Waals surface area (Å²) >= 11 is 0. The quantitative estimate of drug-likeness (QED) is 0.816. The molecule has 3 nitrogen and oxygen atoms in total. The molecule has 0 spiro atoms. The first-order valence-corrected chi connectivity index (χ1v) is 5.88. The smallest absolute Gasteiger partial charge is 0.387 e. The van der Waals surface area contributed by atoms with Gasteiger partial charge in [-0.3, -0.25) is 0 Å². The van der Waals surface area contributed by atoms with E-state index in [9.17, 15) is 8.78 Å². The maximum Gasteiger partial charge on any atom is 0.387 e. The van der Waals surface area contributed by atoms with E-state index in [-0.39, 0.29) is 5.75 Å². The molecule has 1 rings (SSSR count). The van der Waals surface area contributed by atoms with E-state index >= 15 is 0 Å². The predicted octanol–water partition coefficient (Wildman–Crippen LogP) is 2.84. The maximum absolute atomic E-state index is 12.2. The van der Waals surface area contributed by atoms with Crippen LogP contribution in [0, 0.1) is 0 Å². The van der Waals surface area contributed by atoms with Gasteiger partial charge in [-0.05, 0) is 30.7 Å². The van der Waals surface area contributed by atoms with Gasteiger partial charge in [-0.2, -0.15) is 8.78 Å². The molecule has 102 valence electrons. The van der Waals surface area contributed by atoms with E-state index in [2.05, 4.69) is 23.9 Å². The summed E-state index contributed by atoms with van der Waals surface area (Å²) in [6.45, 7) is 2.06. The fourth-order valence-corrected chi connectivity index (χ4v) is 1.57. The highest BCUT2D eigenvalue weighted by molar-refractivity contribution is 5.43. The van der Waals surface area contributed by atoms with Crippen LogP contribution in [0.15, 0.2) is 18.2 Å². The second-order valence-electron chi connectivity index (χ2n) is 4.22. The zero-order valence-corrected chi connectivity index (χ0v) is 10.9. The third kappa shape index (κ3) is 4.87. The molecule has 0 heterocycles. The lowest BCUT2D eigenvalue weighted by atomic mass is 10.1. The number of alkyl halides is 2. The Bertz CT molecular complexity index is 370. The molecule has 1 N–H and O–H groups in total. The second kappa shape index (κ2) is 7.16. The molecule has 1 aromatic carbocycles. The Morgan fingerprint density at radius 3 is 2.50 bits per heavy atom. The molecule has 0 bridgehead atoms. The van der Waals surface area contributed by atoms with Gasteiger partial charge in [-0.25, -0.2) is 0 Å². The van der Waals surface area contributed by atoms with Crippen LogP contribution in [0.1, 0.15) is 19.4 Å². The van der Waals surface area contributed by atoms with Crippen LogP contribution in [0.2, 0.25) is 0 Å². The molecule has 0 unspecified atom stereocenters. The van der Waals surface area contributed by atoms with E-state index < -0.39 is 6.61 Å². The zero-order valence-electron chi connectivity index (χ0n) is 10.9. The maximum atomic E-state index is 12.2. The van der Waals surface area contributed by atoms with Gasteiger partial charge < -0.3 is 14.8 Å². The predicted molar refractivity (Wildman–Crippen MR) is 66.5 cm³/mol. The second-order valence-corrected chi connectivity index (χ2v) is 4.22. The Labute approximate surface area is 106 Å². The molecule has 5 heteroatoms. The highest BCUT2D eigenvalue weighted by Crippen LogP contribution is 2.29. The number of hydrogen-bond acceptors (Lipinski definition) is 3. The third-order valence-corrected chi connectivity index (χ3v) is 2.41. The average molecular weight is 259 g/mol. The van der Waals surface area contributed by atoms with Crippen molar-refractivity contribution in [1.82, 2.24) is 5.32 Å². The van der Waals surface area contributed by atoms with Crippen LogP contribution in [0.5, 0.6) is 11.5 Å². The minimum atomic E-state index is -2.84. The van der Waals surface area contributed by atoms with E-state index in [0.717, 1.165) is 18.5 Å². The Hall–Kier alpha value is -1.36. The van der Waals surface area contributed by atoms with Gasteiger partial charge in [0.15, 0.2) is 11.5 Å². The summed E-state index contributed by atoms with van der Waals surface area (Å²) in [5, 5.41) is 3.26. The molecular formula is C13H19F2NO2. The van der Waals surface area contributed by atoms with Crippen molar-refractivity contribution in [3.05, 3.63) is 23.8 Å². The minimum Gasteiger partial charge on any atom is -0.493 e. The summed E-state index contributed by atoms with van der Waals surface area (Å²) in [4.78, 5) is 0. The summed E-state index contributed by atoms with van der Waals surface area (Å²) < 4.78 is 33.9. The Morgan fingerprint density at radius 1 is 1.22 bits per heavy atom. The fourth-order valence-electron chi connectivity index (χ4n) is 1.57. The van der Waals surface area contributed by atoms with Gasteiger partial charge in [-0.15, -0.1) is 0 Å². The van der Waals surface area contributed by atoms with E-state index in [1.54, 1.807) is 12.1 Å². The molecule has 0 saturated carbocycles. The summed E-state index contributed by atoms with van der Waals surface area (Å²) in [5.41, 5.74) is 0.930. The van der Waals surface area contributed by atoms with Gasteiger partial charge in [-0.1, -0.05) is 19.9 Å². The summed E-state index contributed by atoms with van der Waals surface area (Å²) in [5.74, 6) is 0.394. The number of rotatable bonds is 7. The number of halogens is 2. The van der Waals surface area contributed by atoms with Crippen LogP contribution in [-0.4, -0.2) is 26.3 Å². The van der Waals surface area contributed by atoms with E-state index in [4.69, 9.17) is 4.74 Å². The molecule has 0 saturated heterocycles. The normalized spacial score (nSPS) is 11.1. The van der Waals surface area contributed by atoms with Crippen molar-refractivity contribution >= 4 is 0 Å². The number of methoxy groups -OCH3 is 1. The molecule has 1 aromatic rings. The van der Waals surface area contributed by atoms with Gasteiger partial charge in [0.25, 0.3) is 0 Å². The Morgan fingerprint density at radius 2 is 1.94 bits per heavy atom. The van der Waals surface area contributed by atoms with Crippen LogP contribution in [-0.2, 0) is 6.42 Å². The van der Waals surface area contributed by atoms with Crippen LogP contribution in [0.4, 0.5) is 8.78 Å². The van der Waals surface area contributed by atoms with Crippen LogP contribution in [0.3, 0.4) is 0 Å². The molecule has 0 amide bonds. The van der Waals surface area contributed by atoms with Gasteiger partial charge in [0, 0.05) is 6.04 Å². The SMILES string of the molecule is COc1ccc(CCNC(C)C)cc1OC(F)F. The average Bonchev–Trinajstić information content (AvgIpc) is 2.28. The first kappa shape index (κ1) is 14.7. The number of hydrogen-bond donors (Lipinski definition) is 1. The highest BCUT2D eigenvalue weighted by Gasteiger charge is 2.11. The lowest BCUT2D eigenvalue weighted by Gasteiger charge is -2.12. The largest absolute Gasteiger partial charge is 0.493 e. The molecule has 0 fully saturated rings. The standard InChI is InChI=1S/C13H19F2NO2/c1-9(2)16-7-6-10-4-5-11(17-3)12(8-10)18-13(14)15/h4-5,8-9,13,16H,6-7H2,1-3H3.